The Labute approximate surface area is 199 Å². The minimum Gasteiger partial charge on any atom is -0.386 e. The van der Waals surface area contributed by atoms with Crippen molar-refractivity contribution in [3.63, 3.8) is 0 Å². The van der Waals surface area contributed by atoms with E-state index in [1.807, 2.05) is 6.07 Å². The Morgan fingerprint density at radius 1 is 1.11 bits per heavy atom. The van der Waals surface area contributed by atoms with Crippen molar-refractivity contribution in [2.75, 3.05) is 29.1 Å². The van der Waals surface area contributed by atoms with Crippen LogP contribution in [0, 0.1) is 11.7 Å². The molecule has 5 heterocycles. The first kappa shape index (κ1) is 20.3. The van der Waals surface area contributed by atoms with Crippen molar-refractivity contribution >= 4 is 56.2 Å². The summed E-state index contributed by atoms with van der Waals surface area (Å²) in [6.07, 6.45) is 6.89. The van der Waals surface area contributed by atoms with Gasteiger partial charge in [-0.3, -0.25) is 4.98 Å². The summed E-state index contributed by atoms with van der Waals surface area (Å²) in [4.78, 5) is 28.3. The first-order valence-electron chi connectivity index (χ1n) is 11.6. The van der Waals surface area contributed by atoms with Crippen LogP contribution in [0.1, 0.15) is 12.8 Å². The number of halogens is 1. The Morgan fingerprint density at radius 3 is 2.80 bits per heavy atom. The summed E-state index contributed by atoms with van der Waals surface area (Å²) in [5.74, 6) is 1.32. The van der Waals surface area contributed by atoms with Crippen LogP contribution in [-0.4, -0.2) is 55.6 Å². The highest BCUT2D eigenvalue weighted by atomic mass is 19.1. The number of pyridine rings is 1. The molecule has 4 aromatic heterocycles. The number of hydrogen-bond donors (Lipinski definition) is 4. The predicted octanol–water partition coefficient (Wildman–Crippen LogP) is 3.30. The molecule has 1 aliphatic carbocycles. The molecule has 0 unspecified atom stereocenters. The van der Waals surface area contributed by atoms with Gasteiger partial charge in [-0.1, -0.05) is 0 Å². The lowest BCUT2D eigenvalue weighted by Crippen LogP contribution is -2.41. The van der Waals surface area contributed by atoms with Gasteiger partial charge in [0.15, 0.2) is 5.65 Å². The third-order valence-electron chi connectivity index (χ3n) is 7.22. The van der Waals surface area contributed by atoms with Crippen LogP contribution >= 0.6 is 0 Å². The molecule has 3 atom stereocenters. The Balaban J connectivity index is 1.40. The van der Waals surface area contributed by atoms with E-state index < -0.39 is 0 Å². The molecule has 0 spiro atoms. The Morgan fingerprint density at radius 2 is 2.00 bits per heavy atom. The van der Waals surface area contributed by atoms with Crippen LogP contribution in [-0.2, 0) is 0 Å². The number of nitrogens with two attached hydrogens (primary N) is 1. The van der Waals surface area contributed by atoms with Crippen LogP contribution in [0.15, 0.2) is 36.8 Å². The van der Waals surface area contributed by atoms with Crippen LogP contribution < -0.4 is 21.3 Å². The highest BCUT2D eigenvalue weighted by Gasteiger charge is 2.44. The molecular weight excluding hydrogens is 447 g/mol. The topological polar surface area (TPSA) is 134 Å². The molecule has 7 rings (SSSR count). The molecule has 11 heteroatoms. The molecule has 5 N–H and O–H groups in total. The minimum atomic E-state index is -0.316. The number of anilines is 4. The Bertz CT molecular complexity index is 1610. The first-order valence-corrected chi connectivity index (χ1v) is 11.6. The molecule has 5 aromatic rings. The van der Waals surface area contributed by atoms with E-state index in [1.165, 1.54) is 6.07 Å². The second kappa shape index (κ2) is 7.44. The van der Waals surface area contributed by atoms with Crippen molar-refractivity contribution < 1.29 is 4.39 Å². The van der Waals surface area contributed by atoms with E-state index in [2.05, 4.69) is 35.5 Å². The molecule has 1 saturated heterocycles. The number of aromatic nitrogens is 6. The number of piperidine rings is 1. The summed E-state index contributed by atoms with van der Waals surface area (Å²) in [6.45, 7) is 0.825. The number of hydrogen-bond acceptors (Lipinski definition) is 9. The van der Waals surface area contributed by atoms with Crippen molar-refractivity contribution in [1.82, 2.24) is 29.9 Å². The van der Waals surface area contributed by atoms with Crippen LogP contribution in [0.2, 0.25) is 0 Å². The second-order valence-corrected chi connectivity index (χ2v) is 9.29. The molecule has 176 valence electrons. The lowest BCUT2D eigenvalue weighted by atomic mass is 10.0. The number of nitrogens with zero attached hydrogens (tertiary/aromatic N) is 6. The standard InChI is InChI=1S/C24H23FN10/c1-27-17-6-12(25)5-15-19-22(32-20(15)17)33-24(31-13-7-18-21(30-9-13)29-3-2-28-18)34-23(19)35-10-11-4-14(35)8-16(11)26/h2-3,5-7,9,11,14,16,27H,4,8,10,26H2,1H3,(H2,31,32,33,34)/t11-,14-,16-/m0/s1. The van der Waals surface area contributed by atoms with E-state index in [0.29, 0.717) is 46.1 Å². The quantitative estimate of drug-likeness (QED) is 0.312. The van der Waals surface area contributed by atoms with Gasteiger partial charge in [-0.25, -0.2) is 14.4 Å². The lowest BCUT2D eigenvalue weighted by molar-refractivity contribution is 0.471. The van der Waals surface area contributed by atoms with E-state index in [1.54, 1.807) is 31.7 Å². The number of fused-ring (bicyclic) bond motifs is 6. The lowest BCUT2D eigenvalue weighted by Gasteiger charge is -2.31. The summed E-state index contributed by atoms with van der Waals surface area (Å²) >= 11 is 0. The molecule has 35 heavy (non-hydrogen) atoms. The van der Waals surface area contributed by atoms with Crippen LogP contribution in [0.3, 0.4) is 0 Å². The monoisotopic (exact) mass is 470 g/mol. The zero-order chi connectivity index (χ0) is 23.7. The van der Waals surface area contributed by atoms with Gasteiger partial charge in [0.25, 0.3) is 0 Å². The zero-order valence-electron chi connectivity index (χ0n) is 19.0. The maximum Gasteiger partial charge on any atom is 0.231 e. The van der Waals surface area contributed by atoms with Crippen LogP contribution in [0.5, 0.6) is 0 Å². The molecule has 10 nitrogen and oxygen atoms in total. The van der Waals surface area contributed by atoms with Gasteiger partial charge >= 0.3 is 0 Å². The third-order valence-corrected chi connectivity index (χ3v) is 7.22. The average Bonchev–Trinajstić information content (AvgIpc) is 3.55. The van der Waals surface area contributed by atoms with E-state index in [9.17, 15) is 4.39 Å². The van der Waals surface area contributed by atoms with Gasteiger partial charge in [0.1, 0.15) is 22.8 Å². The number of rotatable bonds is 4. The molecule has 1 saturated carbocycles. The van der Waals surface area contributed by atoms with Gasteiger partial charge < -0.3 is 26.3 Å². The van der Waals surface area contributed by atoms with E-state index in [0.717, 1.165) is 41.5 Å². The van der Waals surface area contributed by atoms with Gasteiger partial charge in [0.05, 0.1) is 28.5 Å². The second-order valence-electron chi connectivity index (χ2n) is 9.29. The average molecular weight is 471 g/mol. The SMILES string of the molecule is CNc1cc(F)cc2c1[nH]c1nc(Nc3cnc4nccnc4c3)nc(N3C[C@@H]4C[C@H]3C[C@@H]4N)c12. The molecule has 0 amide bonds. The number of nitrogens with one attached hydrogen (secondary N) is 3. The molecule has 2 fully saturated rings. The molecule has 0 radical (unpaired) electrons. The van der Waals surface area contributed by atoms with Crippen molar-refractivity contribution in [3.8, 4) is 0 Å². The minimum absolute atomic E-state index is 0.215. The molecule has 2 aliphatic rings. The maximum atomic E-state index is 14.5. The molecule has 1 aliphatic heterocycles. The summed E-state index contributed by atoms with van der Waals surface area (Å²) < 4.78 is 14.5. The van der Waals surface area contributed by atoms with Crippen molar-refractivity contribution in [2.45, 2.75) is 24.9 Å². The maximum absolute atomic E-state index is 14.5. The van der Waals surface area contributed by atoms with Gasteiger partial charge in [-0.15, -0.1) is 0 Å². The summed E-state index contributed by atoms with van der Waals surface area (Å²) in [6, 6.07) is 5.40. The summed E-state index contributed by atoms with van der Waals surface area (Å²) in [5.41, 5.74) is 10.4. The summed E-state index contributed by atoms with van der Waals surface area (Å²) in [5, 5.41) is 7.92. The molecular formula is C24H23FN10. The van der Waals surface area contributed by atoms with E-state index >= 15 is 0 Å². The smallest absolute Gasteiger partial charge is 0.231 e. The number of H-pyrrole nitrogens is 1. The normalized spacial score (nSPS) is 21.5. The highest BCUT2D eigenvalue weighted by molar-refractivity contribution is 6.15. The van der Waals surface area contributed by atoms with Crippen LogP contribution in [0.4, 0.5) is 27.5 Å². The third kappa shape index (κ3) is 3.15. The largest absolute Gasteiger partial charge is 0.386 e. The zero-order valence-corrected chi connectivity index (χ0v) is 19.0. The Hall–Kier alpha value is -4.12. The van der Waals surface area contributed by atoms with Crippen LogP contribution in [0.25, 0.3) is 33.1 Å². The molecule has 1 aromatic carbocycles. The van der Waals surface area contributed by atoms with Gasteiger partial charge in [-0.2, -0.15) is 9.97 Å². The number of aromatic amines is 1. The van der Waals surface area contributed by atoms with E-state index in [4.69, 9.17) is 15.7 Å². The predicted molar refractivity (Wildman–Crippen MR) is 133 cm³/mol. The number of benzene rings is 1. The van der Waals surface area contributed by atoms with Gasteiger partial charge in [0, 0.05) is 43.5 Å². The van der Waals surface area contributed by atoms with Crippen molar-refractivity contribution in [2.24, 2.45) is 11.7 Å². The van der Waals surface area contributed by atoms with Gasteiger partial charge in [-0.05, 0) is 37.0 Å². The fourth-order valence-corrected chi connectivity index (χ4v) is 5.61. The fourth-order valence-electron chi connectivity index (χ4n) is 5.61. The van der Waals surface area contributed by atoms with Crippen molar-refractivity contribution in [3.05, 3.63) is 42.6 Å². The van der Waals surface area contributed by atoms with Gasteiger partial charge in [0.2, 0.25) is 5.95 Å². The van der Waals surface area contributed by atoms with Crippen molar-refractivity contribution in [1.29, 1.82) is 0 Å². The van der Waals surface area contributed by atoms with E-state index in [-0.39, 0.29) is 11.9 Å². The molecule has 2 bridgehead atoms. The summed E-state index contributed by atoms with van der Waals surface area (Å²) in [7, 11) is 1.77. The first-order chi connectivity index (χ1) is 17.1. The highest BCUT2D eigenvalue weighted by Crippen LogP contribution is 2.43. The Kier molecular flexibility index (Phi) is 4.31. The fraction of sp³-hybridized carbons (Fsp3) is 0.292.